The van der Waals surface area contributed by atoms with Gasteiger partial charge in [-0.25, -0.2) is 4.79 Å². The van der Waals surface area contributed by atoms with E-state index in [1.807, 2.05) is 0 Å². The van der Waals surface area contributed by atoms with Crippen LogP contribution in [0.5, 0.6) is 0 Å². The number of methoxy groups -OCH3 is 2. The summed E-state index contributed by atoms with van der Waals surface area (Å²) in [5, 5.41) is 2.31. The third-order valence-electron chi connectivity index (χ3n) is 1.49. The lowest BCUT2D eigenvalue weighted by atomic mass is 10.2. The lowest BCUT2D eigenvalue weighted by Gasteiger charge is -2.17. The van der Waals surface area contributed by atoms with Crippen molar-refractivity contribution in [2.75, 3.05) is 21.4 Å². The molecule has 0 aliphatic heterocycles. The van der Waals surface area contributed by atoms with Gasteiger partial charge >= 0.3 is 6.09 Å². The highest BCUT2D eigenvalue weighted by molar-refractivity contribution is 5.73. The maximum absolute atomic E-state index is 10.7. The Bertz CT molecular complexity index is 165. The third kappa shape index (κ3) is 6.36. The molecule has 14 heavy (non-hydrogen) atoms. The highest BCUT2D eigenvalue weighted by Crippen LogP contribution is 1.94. The molecule has 0 aromatic carbocycles. The first kappa shape index (κ1) is 15.3. The quantitative estimate of drug-likeness (QED) is 0.686. The Balaban J connectivity index is 0. The Morgan fingerprint density at radius 1 is 1.43 bits per heavy atom. The van der Waals surface area contributed by atoms with Crippen molar-refractivity contribution in [1.82, 2.24) is 5.32 Å². The Morgan fingerprint density at radius 3 is 2.21 bits per heavy atom. The van der Waals surface area contributed by atoms with Gasteiger partial charge in [-0.3, -0.25) is 4.39 Å². The number of rotatable bonds is 4. The maximum atomic E-state index is 10.7. The summed E-state index contributed by atoms with van der Waals surface area (Å²) < 4.78 is 18.7. The summed E-state index contributed by atoms with van der Waals surface area (Å²) >= 11 is 0. The van der Waals surface area contributed by atoms with Crippen molar-refractivity contribution in [3.05, 3.63) is 0 Å². The van der Waals surface area contributed by atoms with Gasteiger partial charge < -0.3 is 19.6 Å². The van der Waals surface area contributed by atoms with E-state index in [9.17, 15) is 14.0 Å². The van der Waals surface area contributed by atoms with Gasteiger partial charge in [0.25, 0.3) is 0 Å². The number of hydrogen-bond donors (Lipinski definition) is 1. The number of nitrogens with one attached hydrogen (secondary N) is 1. The SMILES string of the molecule is CF.COC(=O)N[C@H](C=O)[C@@H](C)OC. The Morgan fingerprint density at radius 2 is 1.93 bits per heavy atom. The zero-order valence-corrected chi connectivity index (χ0v) is 8.74. The molecule has 0 aromatic heterocycles. The molecule has 0 saturated carbocycles. The number of aldehydes is 1. The second-order valence-corrected chi connectivity index (χ2v) is 2.24. The topological polar surface area (TPSA) is 64.6 Å². The molecule has 0 heterocycles. The van der Waals surface area contributed by atoms with Crippen LogP contribution in [-0.2, 0) is 14.3 Å². The third-order valence-corrected chi connectivity index (χ3v) is 1.49. The monoisotopic (exact) mass is 209 g/mol. The molecule has 0 aliphatic rings. The molecule has 0 bridgehead atoms. The molecule has 0 aliphatic carbocycles. The van der Waals surface area contributed by atoms with Crippen LogP contribution in [-0.4, -0.2) is 45.9 Å². The molecule has 0 unspecified atom stereocenters. The van der Waals surface area contributed by atoms with Crippen molar-refractivity contribution in [3.8, 4) is 0 Å². The van der Waals surface area contributed by atoms with E-state index < -0.39 is 12.1 Å². The van der Waals surface area contributed by atoms with Crippen molar-refractivity contribution in [2.24, 2.45) is 0 Å². The highest BCUT2D eigenvalue weighted by atomic mass is 19.1. The van der Waals surface area contributed by atoms with Gasteiger partial charge in [0.05, 0.1) is 20.4 Å². The summed E-state index contributed by atoms with van der Waals surface area (Å²) in [7, 11) is 3.19. The minimum Gasteiger partial charge on any atom is -0.453 e. The van der Waals surface area contributed by atoms with Gasteiger partial charge in [0.1, 0.15) is 12.3 Å². The van der Waals surface area contributed by atoms with E-state index in [4.69, 9.17) is 4.74 Å². The van der Waals surface area contributed by atoms with Gasteiger partial charge in [0, 0.05) is 7.11 Å². The van der Waals surface area contributed by atoms with Gasteiger partial charge in [-0.2, -0.15) is 0 Å². The predicted molar refractivity (Wildman–Crippen MR) is 48.9 cm³/mol. The smallest absolute Gasteiger partial charge is 0.407 e. The fourth-order valence-corrected chi connectivity index (χ4v) is 0.604. The van der Waals surface area contributed by atoms with Crippen LogP contribution in [0.15, 0.2) is 0 Å². The van der Waals surface area contributed by atoms with Crippen LogP contribution >= 0.6 is 0 Å². The van der Waals surface area contributed by atoms with Crippen LogP contribution < -0.4 is 5.32 Å². The van der Waals surface area contributed by atoms with Gasteiger partial charge in [0.15, 0.2) is 0 Å². The standard InChI is InChI=1S/C7H13NO4.CH3F/c1-5(11-2)6(4-9)8-7(10)12-3;1-2/h4-6H,1-3H3,(H,8,10);1H3/t5-,6-;/m1./s1. The van der Waals surface area contributed by atoms with E-state index in [0.717, 1.165) is 0 Å². The number of halogens is 1. The van der Waals surface area contributed by atoms with Crippen molar-refractivity contribution >= 4 is 12.4 Å². The van der Waals surface area contributed by atoms with Crippen LogP contribution in [0.1, 0.15) is 6.92 Å². The Labute approximate surface area is 82.6 Å². The lowest BCUT2D eigenvalue weighted by Crippen LogP contribution is -2.43. The fraction of sp³-hybridized carbons (Fsp3) is 0.750. The number of amides is 1. The van der Waals surface area contributed by atoms with Gasteiger partial charge in [-0.15, -0.1) is 0 Å². The molecule has 1 amide bonds. The van der Waals surface area contributed by atoms with Crippen LogP contribution in [0, 0.1) is 0 Å². The summed E-state index contributed by atoms with van der Waals surface area (Å²) in [4.78, 5) is 21.1. The zero-order valence-electron chi connectivity index (χ0n) is 8.74. The van der Waals surface area contributed by atoms with E-state index in [2.05, 4.69) is 10.1 Å². The average Bonchev–Trinajstić information content (AvgIpc) is 2.27. The summed E-state index contributed by atoms with van der Waals surface area (Å²) in [6, 6.07) is -0.664. The average molecular weight is 209 g/mol. The first-order valence-electron chi connectivity index (χ1n) is 3.86. The minimum absolute atomic E-state index is 0.360. The number of hydrogen-bond acceptors (Lipinski definition) is 4. The molecule has 0 saturated heterocycles. The predicted octanol–water partition coefficient (Wildman–Crippen LogP) is 0.530. The normalized spacial score (nSPS) is 12.9. The van der Waals surface area contributed by atoms with Crippen molar-refractivity contribution in [3.63, 3.8) is 0 Å². The second kappa shape index (κ2) is 9.91. The first-order chi connectivity index (χ1) is 6.65. The zero-order chi connectivity index (χ0) is 11.6. The van der Waals surface area contributed by atoms with Crippen molar-refractivity contribution in [2.45, 2.75) is 19.1 Å². The number of ether oxygens (including phenoxy) is 2. The minimum atomic E-state index is -0.664. The Hall–Kier alpha value is -1.17. The first-order valence-corrected chi connectivity index (χ1v) is 3.86. The summed E-state index contributed by atoms with van der Waals surface area (Å²) in [6.07, 6.45) is -0.400. The molecule has 0 radical (unpaired) electrons. The number of alkyl halides is 1. The van der Waals surface area contributed by atoms with Gasteiger partial charge in [-0.1, -0.05) is 0 Å². The molecule has 1 N–H and O–H groups in total. The van der Waals surface area contributed by atoms with Crippen molar-refractivity contribution in [1.29, 1.82) is 0 Å². The van der Waals surface area contributed by atoms with Crippen molar-refractivity contribution < 1.29 is 23.5 Å². The molecule has 0 aromatic rings. The molecular weight excluding hydrogens is 193 g/mol. The molecule has 0 rings (SSSR count). The largest absolute Gasteiger partial charge is 0.453 e. The Kier molecular flexibility index (Phi) is 10.8. The van der Waals surface area contributed by atoms with E-state index in [-0.39, 0.29) is 6.10 Å². The van der Waals surface area contributed by atoms with Crippen LogP contribution in [0.4, 0.5) is 9.18 Å². The van der Waals surface area contributed by atoms with E-state index in [1.165, 1.54) is 14.2 Å². The molecule has 0 fully saturated rings. The summed E-state index contributed by atoms with van der Waals surface area (Å²) in [6.45, 7) is 1.68. The van der Waals surface area contributed by atoms with Crippen LogP contribution in [0.25, 0.3) is 0 Å². The molecular formula is C8H16FNO4. The second-order valence-electron chi connectivity index (χ2n) is 2.24. The van der Waals surface area contributed by atoms with Gasteiger partial charge in [0.2, 0.25) is 0 Å². The molecule has 84 valence electrons. The number of carbonyl (C=O) groups excluding carboxylic acids is 2. The van der Waals surface area contributed by atoms with Crippen LogP contribution in [0.3, 0.4) is 0 Å². The van der Waals surface area contributed by atoms with E-state index in [0.29, 0.717) is 13.5 Å². The van der Waals surface area contributed by atoms with E-state index in [1.54, 1.807) is 6.92 Å². The van der Waals surface area contributed by atoms with E-state index >= 15 is 0 Å². The maximum Gasteiger partial charge on any atom is 0.407 e. The number of carbonyl (C=O) groups is 2. The highest BCUT2D eigenvalue weighted by Gasteiger charge is 2.18. The summed E-state index contributed by atoms with van der Waals surface area (Å²) in [5.41, 5.74) is 0. The summed E-state index contributed by atoms with van der Waals surface area (Å²) in [5.74, 6) is 0. The van der Waals surface area contributed by atoms with Crippen LogP contribution in [0.2, 0.25) is 0 Å². The molecule has 0 spiro atoms. The number of alkyl carbamates (subject to hydrolysis) is 1. The lowest BCUT2D eigenvalue weighted by molar-refractivity contribution is -0.112. The molecule has 2 atom stereocenters. The van der Waals surface area contributed by atoms with Gasteiger partial charge in [-0.05, 0) is 6.92 Å². The fourth-order valence-electron chi connectivity index (χ4n) is 0.604. The molecule has 5 nitrogen and oxygen atoms in total. The molecule has 6 heteroatoms.